The van der Waals surface area contributed by atoms with E-state index < -0.39 is 0 Å². The van der Waals surface area contributed by atoms with E-state index in [4.69, 9.17) is 27.9 Å². The second-order valence-electron chi connectivity index (χ2n) is 10.4. The summed E-state index contributed by atoms with van der Waals surface area (Å²) < 4.78 is 6.20. The Balaban J connectivity index is 1.46. The topological polar surface area (TPSA) is 44.8 Å². The minimum atomic E-state index is -0.158. The van der Waals surface area contributed by atoms with Crippen molar-refractivity contribution in [3.8, 4) is 5.75 Å². The highest BCUT2D eigenvalue weighted by atomic mass is 35.5. The van der Waals surface area contributed by atoms with Crippen LogP contribution in [0.5, 0.6) is 5.75 Å². The van der Waals surface area contributed by atoms with Crippen molar-refractivity contribution in [2.75, 3.05) is 31.1 Å². The molecule has 0 aliphatic carbocycles. The van der Waals surface area contributed by atoms with Crippen molar-refractivity contribution in [2.24, 2.45) is 0 Å². The molecule has 0 radical (unpaired) electrons. The van der Waals surface area contributed by atoms with E-state index >= 15 is 0 Å². The van der Waals surface area contributed by atoms with Gasteiger partial charge < -0.3 is 15.0 Å². The van der Waals surface area contributed by atoms with E-state index in [0.717, 1.165) is 54.1 Å². The lowest BCUT2D eigenvalue weighted by Gasteiger charge is -2.36. The van der Waals surface area contributed by atoms with Crippen molar-refractivity contribution in [1.29, 1.82) is 0 Å². The van der Waals surface area contributed by atoms with Gasteiger partial charge >= 0.3 is 0 Å². The van der Waals surface area contributed by atoms with Crippen molar-refractivity contribution in [2.45, 2.75) is 26.8 Å². The summed E-state index contributed by atoms with van der Waals surface area (Å²) in [7, 11) is 0. The highest BCUT2D eigenvalue weighted by molar-refractivity contribution is 6.31. The Hall–Kier alpha value is -3.77. The number of benzene rings is 3. The number of carbonyl (C=O) groups excluding carboxylic acids is 1. The molecule has 5 rings (SSSR count). The van der Waals surface area contributed by atoms with Crippen LogP contribution in [0.4, 0.5) is 5.69 Å². The fraction of sp³-hybridized carbons (Fsp3) is 0.229. The summed E-state index contributed by atoms with van der Waals surface area (Å²) in [4.78, 5) is 18.0. The molecule has 1 fully saturated rings. The molecule has 5 nitrogen and oxygen atoms in total. The van der Waals surface area contributed by atoms with Crippen LogP contribution < -0.4 is 15.0 Å². The van der Waals surface area contributed by atoms with Crippen molar-refractivity contribution in [3.63, 3.8) is 0 Å². The average Bonchev–Trinajstić information content (AvgIpc) is 2.99. The van der Waals surface area contributed by atoms with E-state index in [1.54, 1.807) is 0 Å². The zero-order chi connectivity index (χ0) is 29.6. The molecule has 3 aromatic carbocycles. The zero-order valence-electron chi connectivity index (χ0n) is 24.0. The van der Waals surface area contributed by atoms with Crippen LogP contribution in [0.25, 0.3) is 5.57 Å². The molecule has 0 aromatic heterocycles. The first-order valence-corrected chi connectivity index (χ1v) is 14.9. The number of hydrogen-bond acceptors (Lipinski definition) is 4. The number of ether oxygens (including phenoxy) is 1. The van der Waals surface area contributed by atoms with Crippen LogP contribution in [-0.2, 0) is 11.3 Å². The quantitative estimate of drug-likeness (QED) is 0.266. The first-order valence-electron chi connectivity index (χ1n) is 14.2. The molecule has 0 bridgehead atoms. The highest BCUT2D eigenvalue weighted by Crippen LogP contribution is 2.44. The van der Waals surface area contributed by atoms with Gasteiger partial charge in [-0.3, -0.25) is 9.69 Å². The van der Waals surface area contributed by atoms with Crippen LogP contribution in [0, 0.1) is 0 Å². The molecule has 0 atom stereocenters. The maximum atomic E-state index is 13.2. The van der Waals surface area contributed by atoms with Crippen molar-refractivity contribution < 1.29 is 9.53 Å². The maximum absolute atomic E-state index is 13.2. The lowest BCUT2D eigenvalue weighted by molar-refractivity contribution is -0.119. The number of nitrogens with one attached hydrogen (secondary N) is 1. The molecular weight excluding hydrogens is 565 g/mol. The van der Waals surface area contributed by atoms with Gasteiger partial charge in [-0.2, -0.15) is 0 Å². The summed E-state index contributed by atoms with van der Waals surface area (Å²) in [5.74, 6) is 0.876. The van der Waals surface area contributed by atoms with E-state index in [0.29, 0.717) is 33.7 Å². The molecule has 216 valence electrons. The van der Waals surface area contributed by atoms with Crippen LogP contribution in [0.3, 0.4) is 0 Å². The molecule has 2 aliphatic heterocycles. The van der Waals surface area contributed by atoms with E-state index in [9.17, 15) is 4.79 Å². The third kappa shape index (κ3) is 6.81. The monoisotopic (exact) mass is 599 g/mol. The van der Waals surface area contributed by atoms with Crippen molar-refractivity contribution in [3.05, 3.63) is 135 Å². The summed E-state index contributed by atoms with van der Waals surface area (Å²) in [5.41, 5.74) is 6.34. The minimum absolute atomic E-state index is 0.0917. The third-order valence-electron chi connectivity index (χ3n) is 7.57. The number of fused-ring (bicyclic) bond motifs is 1. The maximum Gasteiger partial charge on any atom is 0.228 e. The lowest BCUT2D eigenvalue weighted by atomic mass is 9.87. The summed E-state index contributed by atoms with van der Waals surface area (Å²) >= 11 is 13.3. The second-order valence-corrected chi connectivity index (χ2v) is 11.2. The summed E-state index contributed by atoms with van der Waals surface area (Å²) in [5, 5.41) is 4.23. The van der Waals surface area contributed by atoms with Gasteiger partial charge in [-0.05, 0) is 61.4 Å². The first kappa shape index (κ1) is 29.7. The Morgan fingerprint density at radius 2 is 1.76 bits per heavy atom. The van der Waals surface area contributed by atoms with Gasteiger partial charge in [0.05, 0.1) is 6.42 Å². The largest absolute Gasteiger partial charge is 0.457 e. The van der Waals surface area contributed by atoms with Gasteiger partial charge in [0.2, 0.25) is 5.91 Å². The molecule has 3 aromatic rings. The summed E-state index contributed by atoms with van der Waals surface area (Å²) in [6, 6.07) is 22.1. The Morgan fingerprint density at radius 1 is 1.00 bits per heavy atom. The fourth-order valence-electron chi connectivity index (χ4n) is 5.46. The molecule has 0 unspecified atom stereocenters. The first-order chi connectivity index (χ1) is 20.4. The molecule has 2 aliphatic rings. The number of anilines is 1. The molecule has 1 saturated heterocycles. The average molecular weight is 601 g/mol. The van der Waals surface area contributed by atoms with Crippen molar-refractivity contribution in [1.82, 2.24) is 10.2 Å². The smallest absolute Gasteiger partial charge is 0.228 e. The number of amides is 1. The summed E-state index contributed by atoms with van der Waals surface area (Å²) in [6.07, 6.45) is 5.70. The van der Waals surface area contributed by atoms with Gasteiger partial charge in [0.1, 0.15) is 11.5 Å². The van der Waals surface area contributed by atoms with Crippen LogP contribution in [0.2, 0.25) is 10.0 Å². The Labute approximate surface area is 258 Å². The number of nitrogens with zero attached hydrogens (tertiary/aromatic N) is 2. The van der Waals surface area contributed by atoms with Crippen molar-refractivity contribution >= 4 is 40.4 Å². The fourth-order valence-corrected chi connectivity index (χ4v) is 5.86. The number of rotatable bonds is 8. The molecule has 0 saturated carbocycles. The Bertz CT molecular complexity index is 1570. The minimum Gasteiger partial charge on any atom is -0.457 e. The number of allylic oxidation sites excluding steroid dienone is 4. The van der Waals surface area contributed by atoms with Crippen LogP contribution in [0.1, 0.15) is 37.0 Å². The van der Waals surface area contributed by atoms with Gasteiger partial charge in [-0.25, -0.2) is 0 Å². The molecule has 42 heavy (non-hydrogen) atoms. The normalized spacial score (nSPS) is 16.0. The third-order valence-corrected chi connectivity index (χ3v) is 8.16. The van der Waals surface area contributed by atoms with E-state index in [1.165, 1.54) is 5.69 Å². The lowest BCUT2D eigenvalue weighted by Crippen LogP contribution is -2.46. The van der Waals surface area contributed by atoms with E-state index in [2.05, 4.69) is 52.0 Å². The standard InChI is InChI=1S/C35H35Cl2N3O2/c1-4-10-28(5-2)38-34(41)21-30-24(3)42-33-22-32(37)26(20-31(33)35(30)25-11-9-12-27(36)19-25)23-39-15-17-40(18-16-39)29-13-7-6-8-14-29/h4-14,19-20,22H,3,15-18,21,23H2,1-2H3,(H,38,41)/b10-4-,28-5+. The van der Waals surface area contributed by atoms with E-state index in [-0.39, 0.29) is 12.3 Å². The van der Waals surface area contributed by atoms with Crippen LogP contribution in [0.15, 0.2) is 109 Å². The SMILES string of the molecule is C=C1Oc2cc(Cl)c(CN3CCN(c4ccccc4)CC3)cc2C(c2cccc(Cl)c2)=C1CC(=O)NC(/C=C\C)=C/C. The summed E-state index contributed by atoms with van der Waals surface area (Å²) in [6.45, 7) is 12.4. The molecular formula is C35H35Cl2N3O2. The molecule has 1 N–H and O–H groups in total. The van der Waals surface area contributed by atoms with Gasteiger partial charge in [0.25, 0.3) is 0 Å². The van der Waals surface area contributed by atoms with Gasteiger partial charge in [0, 0.05) is 76.9 Å². The molecule has 7 heteroatoms. The predicted molar refractivity (Wildman–Crippen MR) is 174 cm³/mol. The number of hydrogen-bond donors (Lipinski definition) is 1. The molecule has 1 amide bonds. The number of carbonyl (C=O) groups is 1. The van der Waals surface area contributed by atoms with E-state index in [1.807, 2.05) is 68.5 Å². The zero-order valence-corrected chi connectivity index (χ0v) is 25.5. The molecule has 0 spiro atoms. The van der Waals surface area contributed by atoms with Gasteiger partial charge in [-0.1, -0.05) is 72.3 Å². The number of piperazine rings is 1. The Kier molecular flexibility index (Phi) is 9.53. The second kappa shape index (κ2) is 13.5. The highest BCUT2D eigenvalue weighted by Gasteiger charge is 2.28. The van der Waals surface area contributed by atoms with Gasteiger partial charge in [0.15, 0.2) is 0 Å². The number of halogens is 2. The van der Waals surface area contributed by atoms with Gasteiger partial charge in [-0.15, -0.1) is 0 Å². The van der Waals surface area contributed by atoms with Crippen LogP contribution >= 0.6 is 23.2 Å². The predicted octanol–water partition coefficient (Wildman–Crippen LogP) is 8.01. The Morgan fingerprint density at radius 3 is 2.45 bits per heavy atom. The van der Waals surface area contributed by atoms with Crippen LogP contribution in [-0.4, -0.2) is 37.0 Å². The number of para-hydroxylation sites is 1. The molecule has 2 heterocycles.